The van der Waals surface area contributed by atoms with Gasteiger partial charge >= 0.3 is 0 Å². The van der Waals surface area contributed by atoms with E-state index in [1.807, 2.05) is 0 Å². The van der Waals surface area contributed by atoms with E-state index in [2.05, 4.69) is 4.72 Å². The fourth-order valence-corrected chi connectivity index (χ4v) is 3.12. The van der Waals surface area contributed by atoms with E-state index >= 15 is 0 Å². The number of hydrogen-bond acceptors (Lipinski definition) is 4. The molecule has 0 spiro atoms. The number of sulfonamides is 1. The Kier molecular flexibility index (Phi) is 4.93. The zero-order valence-corrected chi connectivity index (χ0v) is 11.5. The van der Waals surface area contributed by atoms with Crippen molar-refractivity contribution in [1.82, 2.24) is 4.72 Å². The lowest BCUT2D eigenvalue weighted by atomic mass is 10.2. The summed E-state index contributed by atoms with van der Waals surface area (Å²) < 4.78 is 32.0. The van der Waals surface area contributed by atoms with Gasteiger partial charge in [0, 0.05) is 19.8 Å². The van der Waals surface area contributed by atoms with Gasteiger partial charge in [0.2, 0.25) is 10.0 Å². The zero-order chi connectivity index (χ0) is 13.7. The molecule has 2 N–H and O–H groups in total. The first kappa shape index (κ1) is 14.5. The Hall–Kier alpha value is -0.950. The Labute approximate surface area is 113 Å². The maximum absolute atomic E-state index is 12.0. The van der Waals surface area contributed by atoms with Crippen molar-refractivity contribution < 1.29 is 18.3 Å². The average Bonchev–Trinajstić information content (AvgIpc) is 2.91. The summed E-state index contributed by atoms with van der Waals surface area (Å²) in [7, 11) is -3.47. The fraction of sp³-hybridized carbons (Fsp3) is 0.538. The van der Waals surface area contributed by atoms with E-state index in [0.29, 0.717) is 19.6 Å². The minimum absolute atomic E-state index is 0.0107. The van der Waals surface area contributed by atoms with E-state index in [9.17, 15) is 8.42 Å². The van der Waals surface area contributed by atoms with E-state index in [1.165, 1.54) is 0 Å². The molecule has 1 atom stereocenters. The third kappa shape index (κ3) is 4.01. The largest absolute Gasteiger partial charge is 0.396 e. The van der Waals surface area contributed by atoms with E-state index in [4.69, 9.17) is 9.84 Å². The first-order chi connectivity index (χ1) is 9.12. The molecule has 0 bridgehead atoms. The second kappa shape index (κ2) is 6.47. The normalized spacial score (nSPS) is 19.7. The molecular formula is C13H19NO4S. The number of hydrogen-bond donors (Lipinski definition) is 2. The molecule has 6 heteroatoms. The SMILES string of the molecule is O=S(=O)(NCC1CCCO1)c1ccc(CCO)cc1. The maximum atomic E-state index is 12.0. The minimum Gasteiger partial charge on any atom is -0.396 e. The molecule has 1 heterocycles. The number of aliphatic hydroxyl groups excluding tert-OH is 1. The lowest BCUT2D eigenvalue weighted by Crippen LogP contribution is -2.31. The molecule has 1 unspecified atom stereocenters. The van der Waals surface area contributed by atoms with Crippen molar-refractivity contribution in [2.75, 3.05) is 19.8 Å². The van der Waals surface area contributed by atoms with Crippen LogP contribution in [0.2, 0.25) is 0 Å². The predicted molar refractivity (Wildman–Crippen MR) is 71.4 cm³/mol. The van der Waals surface area contributed by atoms with Gasteiger partial charge in [-0.25, -0.2) is 13.1 Å². The second-order valence-corrected chi connectivity index (χ2v) is 6.37. The van der Waals surface area contributed by atoms with Crippen LogP contribution >= 0.6 is 0 Å². The lowest BCUT2D eigenvalue weighted by molar-refractivity contribution is 0.114. The van der Waals surface area contributed by atoms with Gasteiger partial charge in [-0.05, 0) is 37.0 Å². The molecule has 0 radical (unpaired) electrons. The average molecular weight is 285 g/mol. The number of benzene rings is 1. The summed E-state index contributed by atoms with van der Waals surface area (Å²) in [5.74, 6) is 0. The van der Waals surface area contributed by atoms with Gasteiger partial charge in [0.25, 0.3) is 0 Å². The van der Waals surface area contributed by atoms with Crippen LogP contribution in [0.1, 0.15) is 18.4 Å². The van der Waals surface area contributed by atoms with E-state index in [1.54, 1.807) is 24.3 Å². The summed E-state index contributed by atoms with van der Waals surface area (Å²) in [4.78, 5) is 0.243. The van der Waals surface area contributed by atoms with E-state index in [-0.39, 0.29) is 17.6 Å². The molecule has 1 saturated heterocycles. The van der Waals surface area contributed by atoms with Crippen LogP contribution < -0.4 is 4.72 Å². The van der Waals surface area contributed by atoms with Gasteiger partial charge in [-0.15, -0.1) is 0 Å². The Morgan fingerprint density at radius 3 is 2.63 bits per heavy atom. The van der Waals surface area contributed by atoms with Crippen LogP contribution in [0.15, 0.2) is 29.2 Å². The Bertz CT molecular complexity index is 492. The molecule has 1 aliphatic heterocycles. The van der Waals surface area contributed by atoms with Gasteiger partial charge in [-0.3, -0.25) is 0 Å². The van der Waals surface area contributed by atoms with Gasteiger partial charge in [-0.2, -0.15) is 0 Å². The predicted octanol–water partition coefficient (Wildman–Crippen LogP) is 0.679. The molecule has 0 aromatic heterocycles. The molecule has 106 valence electrons. The summed E-state index contributed by atoms with van der Waals surface area (Å²) in [6.07, 6.45) is 2.41. The van der Waals surface area contributed by atoms with Crippen LogP contribution in [0.3, 0.4) is 0 Å². The molecule has 0 aliphatic carbocycles. The lowest BCUT2D eigenvalue weighted by Gasteiger charge is -2.11. The van der Waals surface area contributed by atoms with Crippen LogP contribution in [0.25, 0.3) is 0 Å². The molecule has 0 saturated carbocycles. The molecule has 0 amide bonds. The Morgan fingerprint density at radius 1 is 1.32 bits per heavy atom. The van der Waals surface area contributed by atoms with E-state index in [0.717, 1.165) is 18.4 Å². The van der Waals surface area contributed by atoms with Gasteiger partial charge in [0.05, 0.1) is 11.0 Å². The topological polar surface area (TPSA) is 75.6 Å². The van der Waals surface area contributed by atoms with Gasteiger partial charge < -0.3 is 9.84 Å². The summed E-state index contributed by atoms with van der Waals surface area (Å²) in [5.41, 5.74) is 0.917. The van der Waals surface area contributed by atoms with Gasteiger partial charge in [-0.1, -0.05) is 12.1 Å². The second-order valence-electron chi connectivity index (χ2n) is 4.60. The number of nitrogens with one attached hydrogen (secondary N) is 1. The van der Waals surface area contributed by atoms with Crippen molar-refractivity contribution in [2.24, 2.45) is 0 Å². The van der Waals surface area contributed by atoms with Crippen LogP contribution in [0, 0.1) is 0 Å². The molecule has 1 aromatic carbocycles. The van der Waals surface area contributed by atoms with Crippen molar-refractivity contribution in [3.63, 3.8) is 0 Å². The first-order valence-corrected chi connectivity index (χ1v) is 7.91. The molecule has 1 aromatic rings. The third-order valence-corrected chi connectivity index (χ3v) is 4.60. The summed E-state index contributed by atoms with van der Waals surface area (Å²) in [6, 6.07) is 6.55. The highest BCUT2D eigenvalue weighted by Crippen LogP contribution is 2.14. The summed E-state index contributed by atoms with van der Waals surface area (Å²) >= 11 is 0. The van der Waals surface area contributed by atoms with Crippen molar-refractivity contribution in [1.29, 1.82) is 0 Å². The van der Waals surface area contributed by atoms with Crippen molar-refractivity contribution in [3.05, 3.63) is 29.8 Å². The summed E-state index contributed by atoms with van der Waals surface area (Å²) in [6.45, 7) is 1.09. The van der Waals surface area contributed by atoms with Gasteiger partial charge in [0.1, 0.15) is 0 Å². The monoisotopic (exact) mass is 285 g/mol. The van der Waals surface area contributed by atoms with Crippen molar-refractivity contribution >= 4 is 10.0 Å². The Balaban J connectivity index is 1.97. The standard InChI is InChI=1S/C13H19NO4S/c15-8-7-11-3-5-13(6-4-11)19(16,17)14-10-12-2-1-9-18-12/h3-6,12,14-15H,1-2,7-10H2. The van der Waals surface area contributed by atoms with Crippen molar-refractivity contribution in [2.45, 2.75) is 30.3 Å². The quantitative estimate of drug-likeness (QED) is 0.806. The number of rotatable bonds is 6. The van der Waals surface area contributed by atoms with E-state index < -0.39 is 10.0 Å². The number of ether oxygens (including phenoxy) is 1. The number of aliphatic hydroxyl groups is 1. The molecule has 1 fully saturated rings. The minimum atomic E-state index is -3.47. The third-order valence-electron chi connectivity index (χ3n) is 3.16. The highest BCUT2D eigenvalue weighted by atomic mass is 32.2. The fourth-order valence-electron chi connectivity index (χ4n) is 2.06. The zero-order valence-electron chi connectivity index (χ0n) is 10.7. The highest BCUT2D eigenvalue weighted by Gasteiger charge is 2.20. The van der Waals surface area contributed by atoms with Crippen LogP contribution in [0.5, 0.6) is 0 Å². The Morgan fingerprint density at radius 2 is 2.05 bits per heavy atom. The molecular weight excluding hydrogens is 266 g/mol. The molecule has 1 aliphatic rings. The highest BCUT2D eigenvalue weighted by molar-refractivity contribution is 7.89. The molecule has 5 nitrogen and oxygen atoms in total. The molecule has 19 heavy (non-hydrogen) atoms. The molecule has 2 rings (SSSR count). The van der Waals surface area contributed by atoms with Crippen LogP contribution in [-0.2, 0) is 21.2 Å². The summed E-state index contributed by atoms with van der Waals surface area (Å²) in [5, 5.41) is 8.81. The van der Waals surface area contributed by atoms with Crippen LogP contribution in [-0.4, -0.2) is 39.4 Å². The van der Waals surface area contributed by atoms with Crippen molar-refractivity contribution in [3.8, 4) is 0 Å². The first-order valence-electron chi connectivity index (χ1n) is 6.43. The maximum Gasteiger partial charge on any atom is 0.240 e. The van der Waals surface area contributed by atoms with Crippen LogP contribution in [0.4, 0.5) is 0 Å². The van der Waals surface area contributed by atoms with Gasteiger partial charge in [0.15, 0.2) is 0 Å². The smallest absolute Gasteiger partial charge is 0.240 e.